The summed E-state index contributed by atoms with van der Waals surface area (Å²) in [7, 11) is 0. The summed E-state index contributed by atoms with van der Waals surface area (Å²) in [5.74, 6) is 0.345. The molecule has 1 rings (SSSR count). The zero-order valence-electron chi connectivity index (χ0n) is 8.45. The number of unbranched alkanes of at least 4 members (excludes halogenated alkanes) is 1. The van der Waals surface area contributed by atoms with E-state index in [0.29, 0.717) is 5.75 Å². The van der Waals surface area contributed by atoms with Crippen molar-refractivity contribution in [3.8, 4) is 5.75 Å². The number of hydrogen-bond acceptors (Lipinski definition) is 2. The maximum atomic E-state index is 9.48. The van der Waals surface area contributed by atoms with Gasteiger partial charge in [-0.2, -0.15) is 5.10 Å². The van der Waals surface area contributed by atoms with Crippen LogP contribution >= 0.6 is 0 Å². The van der Waals surface area contributed by atoms with Crippen molar-refractivity contribution in [3.05, 3.63) is 11.9 Å². The average Bonchev–Trinajstić information content (AvgIpc) is 2.45. The Hall–Kier alpha value is -0.990. The van der Waals surface area contributed by atoms with E-state index in [4.69, 9.17) is 0 Å². The molecule has 0 aliphatic heterocycles. The SMILES string of the molecule is CCCCn1cc(O)c(CCC)n1. The summed E-state index contributed by atoms with van der Waals surface area (Å²) in [6.45, 7) is 5.15. The molecule has 0 fully saturated rings. The molecule has 1 heterocycles. The lowest BCUT2D eigenvalue weighted by atomic mass is 10.2. The van der Waals surface area contributed by atoms with E-state index in [1.54, 1.807) is 6.20 Å². The van der Waals surface area contributed by atoms with E-state index in [-0.39, 0.29) is 0 Å². The Balaban J connectivity index is 2.59. The zero-order chi connectivity index (χ0) is 9.68. The highest BCUT2D eigenvalue weighted by molar-refractivity contribution is 5.22. The maximum Gasteiger partial charge on any atom is 0.156 e. The van der Waals surface area contributed by atoms with Crippen molar-refractivity contribution in [2.24, 2.45) is 0 Å². The molecule has 0 aliphatic rings. The second kappa shape index (κ2) is 4.90. The molecule has 1 aromatic heterocycles. The molecule has 0 amide bonds. The van der Waals surface area contributed by atoms with Crippen LogP contribution in [0.15, 0.2) is 6.20 Å². The smallest absolute Gasteiger partial charge is 0.156 e. The van der Waals surface area contributed by atoms with Gasteiger partial charge in [0.05, 0.1) is 6.20 Å². The molecule has 13 heavy (non-hydrogen) atoms. The molecule has 0 radical (unpaired) electrons. The number of aryl methyl sites for hydroxylation is 2. The van der Waals surface area contributed by atoms with Gasteiger partial charge in [-0.05, 0) is 12.8 Å². The Morgan fingerprint density at radius 2 is 2.15 bits per heavy atom. The van der Waals surface area contributed by atoms with Gasteiger partial charge in [-0.15, -0.1) is 0 Å². The highest BCUT2D eigenvalue weighted by Crippen LogP contribution is 2.16. The van der Waals surface area contributed by atoms with Crippen LogP contribution in [-0.4, -0.2) is 14.9 Å². The van der Waals surface area contributed by atoms with Gasteiger partial charge in [0, 0.05) is 6.54 Å². The summed E-state index contributed by atoms with van der Waals surface area (Å²) < 4.78 is 1.84. The van der Waals surface area contributed by atoms with E-state index in [1.165, 1.54) is 0 Å². The Labute approximate surface area is 79.4 Å². The molecule has 0 bridgehead atoms. The molecule has 0 aliphatic carbocycles. The summed E-state index contributed by atoms with van der Waals surface area (Å²) in [6, 6.07) is 0. The lowest BCUT2D eigenvalue weighted by Crippen LogP contribution is -1.98. The topological polar surface area (TPSA) is 38.0 Å². The quantitative estimate of drug-likeness (QED) is 0.759. The van der Waals surface area contributed by atoms with E-state index < -0.39 is 0 Å². The fraction of sp³-hybridized carbons (Fsp3) is 0.700. The van der Waals surface area contributed by atoms with Gasteiger partial charge >= 0.3 is 0 Å². The van der Waals surface area contributed by atoms with Crippen LogP contribution in [0.2, 0.25) is 0 Å². The average molecular weight is 182 g/mol. The van der Waals surface area contributed by atoms with E-state index in [1.807, 2.05) is 4.68 Å². The Kier molecular flexibility index (Phi) is 3.80. The molecule has 0 atom stereocenters. The van der Waals surface area contributed by atoms with Crippen molar-refractivity contribution in [1.29, 1.82) is 0 Å². The molecule has 3 heteroatoms. The largest absolute Gasteiger partial charge is 0.504 e. The third-order valence-corrected chi connectivity index (χ3v) is 2.04. The van der Waals surface area contributed by atoms with Gasteiger partial charge in [0.1, 0.15) is 5.69 Å². The van der Waals surface area contributed by atoms with Crippen LogP contribution in [0.1, 0.15) is 38.8 Å². The Bertz CT molecular complexity index is 255. The van der Waals surface area contributed by atoms with E-state index >= 15 is 0 Å². The molecule has 0 unspecified atom stereocenters. The van der Waals surface area contributed by atoms with Gasteiger partial charge in [-0.3, -0.25) is 4.68 Å². The van der Waals surface area contributed by atoms with Gasteiger partial charge in [-0.25, -0.2) is 0 Å². The number of rotatable bonds is 5. The molecular weight excluding hydrogens is 164 g/mol. The third-order valence-electron chi connectivity index (χ3n) is 2.04. The molecule has 3 nitrogen and oxygen atoms in total. The molecular formula is C10H18N2O. The first-order chi connectivity index (χ1) is 6.27. The third kappa shape index (κ3) is 2.76. The van der Waals surface area contributed by atoms with Gasteiger partial charge in [0.25, 0.3) is 0 Å². The normalized spacial score (nSPS) is 10.6. The lowest BCUT2D eigenvalue weighted by molar-refractivity contribution is 0.466. The first-order valence-corrected chi connectivity index (χ1v) is 5.03. The fourth-order valence-electron chi connectivity index (χ4n) is 1.30. The lowest BCUT2D eigenvalue weighted by Gasteiger charge is -1.97. The van der Waals surface area contributed by atoms with Crippen molar-refractivity contribution in [2.45, 2.75) is 46.1 Å². The number of nitrogens with zero attached hydrogens (tertiary/aromatic N) is 2. The van der Waals surface area contributed by atoms with Crippen molar-refractivity contribution in [2.75, 3.05) is 0 Å². The minimum atomic E-state index is 0.345. The predicted molar refractivity (Wildman–Crippen MR) is 52.8 cm³/mol. The standard InChI is InChI=1S/C10H18N2O/c1-3-5-7-12-8-10(13)9(11-12)6-4-2/h8,13H,3-7H2,1-2H3. The first kappa shape index (κ1) is 10.1. The van der Waals surface area contributed by atoms with Crippen LogP contribution < -0.4 is 0 Å². The maximum absolute atomic E-state index is 9.48. The van der Waals surface area contributed by atoms with Crippen molar-refractivity contribution < 1.29 is 5.11 Å². The van der Waals surface area contributed by atoms with Crippen LogP contribution in [0.4, 0.5) is 0 Å². The van der Waals surface area contributed by atoms with Crippen LogP contribution in [-0.2, 0) is 13.0 Å². The molecule has 1 aromatic rings. The number of hydrogen-bond donors (Lipinski definition) is 1. The minimum Gasteiger partial charge on any atom is -0.504 e. The Morgan fingerprint density at radius 3 is 2.77 bits per heavy atom. The highest BCUT2D eigenvalue weighted by Gasteiger charge is 2.05. The molecule has 74 valence electrons. The van der Waals surface area contributed by atoms with E-state index in [2.05, 4.69) is 18.9 Å². The van der Waals surface area contributed by atoms with Gasteiger partial charge in [0.15, 0.2) is 5.75 Å². The predicted octanol–water partition coefficient (Wildman–Crippen LogP) is 2.34. The molecule has 1 N–H and O–H groups in total. The van der Waals surface area contributed by atoms with Gasteiger partial charge in [-0.1, -0.05) is 26.7 Å². The monoisotopic (exact) mass is 182 g/mol. The highest BCUT2D eigenvalue weighted by atomic mass is 16.3. The van der Waals surface area contributed by atoms with Crippen LogP contribution in [0.3, 0.4) is 0 Å². The van der Waals surface area contributed by atoms with Gasteiger partial charge < -0.3 is 5.11 Å². The van der Waals surface area contributed by atoms with Crippen molar-refractivity contribution in [1.82, 2.24) is 9.78 Å². The first-order valence-electron chi connectivity index (χ1n) is 5.03. The second-order valence-corrected chi connectivity index (χ2v) is 3.33. The summed E-state index contributed by atoms with van der Waals surface area (Å²) in [5, 5.41) is 13.8. The fourth-order valence-corrected chi connectivity index (χ4v) is 1.30. The van der Waals surface area contributed by atoms with Crippen LogP contribution in [0.5, 0.6) is 5.75 Å². The second-order valence-electron chi connectivity index (χ2n) is 3.33. The van der Waals surface area contributed by atoms with E-state index in [0.717, 1.165) is 37.9 Å². The summed E-state index contributed by atoms with van der Waals surface area (Å²) >= 11 is 0. The Morgan fingerprint density at radius 1 is 1.38 bits per heavy atom. The molecule has 0 saturated heterocycles. The summed E-state index contributed by atoms with van der Waals surface area (Å²) in [5.41, 5.74) is 0.832. The van der Waals surface area contributed by atoms with Crippen LogP contribution in [0, 0.1) is 0 Å². The van der Waals surface area contributed by atoms with Gasteiger partial charge in [0.2, 0.25) is 0 Å². The molecule has 0 spiro atoms. The zero-order valence-corrected chi connectivity index (χ0v) is 8.45. The van der Waals surface area contributed by atoms with Crippen molar-refractivity contribution in [3.63, 3.8) is 0 Å². The summed E-state index contributed by atoms with van der Waals surface area (Å²) in [4.78, 5) is 0. The molecule has 0 aromatic carbocycles. The number of aromatic hydroxyl groups is 1. The summed E-state index contributed by atoms with van der Waals surface area (Å²) in [6.07, 6.45) is 5.89. The number of aromatic nitrogens is 2. The van der Waals surface area contributed by atoms with Crippen molar-refractivity contribution >= 4 is 0 Å². The molecule has 0 saturated carbocycles. The minimum absolute atomic E-state index is 0.345. The van der Waals surface area contributed by atoms with Crippen LogP contribution in [0.25, 0.3) is 0 Å². The van der Waals surface area contributed by atoms with E-state index in [9.17, 15) is 5.11 Å².